The first-order valence-corrected chi connectivity index (χ1v) is 16.5. The van der Waals surface area contributed by atoms with E-state index in [1.807, 2.05) is 37.3 Å². The van der Waals surface area contributed by atoms with Crippen LogP contribution in [-0.2, 0) is 30.4 Å². The van der Waals surface area contributed by atoms with Gasteiger partial charge in [-0.1, -0.05) is 50.6 Å². The lowest BCUT2D eigenvalue weighted by Gasteiger charge is -2.37. The summed E-state index contributed by atoms with van der Waals surface area (Å²) in [5, 5.41) is 14.3. The van der Waals surface area contributed by atoms with Gasteiger partial charge in [-0.05, 0) is 42.9 Å². The van der Waals surface area contributed by atoms with Crippen molar-refractivity contribution in [2.24, 2.45) is 5.92 Å². The van der Waals surface area contributed by atoms with E-state index in [1.54, 1.807) is 14.0 Å². The molecule has 13 nitrogen and oxygen atoms in total. The smallest absolute Gasteiger partial charge is 0.265 e. The van der Waals surface area contributed by atoms with Gasteiger partial charge in [-0.25, -0.2) is 14.3 Å². The van der Waals surface area contributed by atoms with E-state index in [1.165, 1.54) is 34.2 Å². The molecule has 0 aromatic heterocycles. The Kier molecular flexibility index (Phi) is 14.4. The van der Waals surface area contributed by atoms with Crippen LogP contribution < -0.4 is 16.1 Å². The van der Waals surface area contributed by atoms with Crippen LogP contribution in [0.3, 0.4) is 0 Å². The third-order valence-electron chi connectivity index (χ3n) is 9.15. The van der Waals surface area contributed by atoms with Crippen LogP contribution in [0.15, 0.2) is 48.5 Å². The molecule has 0 bridgehead atoms. The molecule has 1 heterocycles. The average molecular weight is 701 g/mol. The molecule has 3 rings (SSSR count). The number of likely N-dealkylation sites (N-methyl/N-ethyl adjacent to an activating group) is 2. The van der Waals surface area contributed by atoms with E-state index < -0.39 is 65.3 Å². The zero-order valence-corrected chi connectivity index (χ0v) is 28.9. The Hall–Kier alpha value is -4.92. The summed E-state index contributed by atoms with van der Waals surface area (Å²) in [6, 6.07) is 7.30. The van der Waals surface area contributed by atoms with Crippen molar-refractivity contribution in [2.45, 2.75) is 77.0 Å². The Morgan fingerprint density at radius 3 is 2.20 bits per heavy atom. The molecule has 2 aromatic carbocycles. The fraction of sp³-hybridized carbons (Fsp3) is 0.486. The molecular weight excluding hydrogens is 654 g/mol. The molecule has 0 aliphatic carbocycles. The number of carbonyl (C=O) groups is 6. The molecule has 6 amide bonds. The molecule has 1 fully saturated rings. The van der Waals surface area contributed by atoms with Crippen LogP contribution in [0.5, 0.6) is 0 Å². The predicted octanol–water partition coefficient (Wildman–Crippen LogP) is 2.03. The van der Waals surface area contributed by atoms with Crippen molar-refractivity contribution in [3.63, 3.8) is 0 Å². The highest BCUT2D eigenvalue weighted by molar-refractivity contribution is 5.96. The maximum absolute atomic E-state index is 14.1. The van der Waals surface area contributed by atoms with Gasteiger partial charge in [-0.3, -0.25) is 34.0 Å². The number of carbonyl (C=O) groups excluding carboxylic acids is 6. The summed E-state index contributed by atoms with van der Waals surface area (Å²) < 4.78 is 27.1. The Labute approximate surface area is 290 Å². The number of halogens is 2. The van der Waals surface area contributed by atoms with E-state index in [-0.39, 0.29) is 43.3 Å². The number of likely N-dealkylation sites (tertiary alicyclic amines) is 1. The van der Waals surface area contributed by atoms with Gasteiger partial charge in [-0.2, -0.15) is 0 Å². The predicted molar refractivity (Wildman–Crippen MR) is 178 cm³/mol. The Bertz CT molecular complexity index is 1520. The molecule has 4 unspecified atom stereocenters. The normalized spacial score (nSPS) is 16.4. The summed E-state index contributed by atoms with van der Waals surface area (Å²) in [4.78, 5) is 83.2. The lowest BCUT2D eigenvalue weighted by Crippen LogP contribution is -2.59. The van der Waals surface area contributed by atoms with Crippen molar-refractivity contribution < 1.29 is 42.8 Å². The highest BCUT2D eigenvalue weighted by Gasteiger charge is 2.43. The maximum Gasteiger partial charge on any atom is 0.265 e. The van der Waals surface area contributed by atoms with Crippen molar-refractivity contribution in [1.29, 1.82) is 0 Å². The number of nitrogens with one attached hydrogen (secondary N) is 3. The molecule has 50 heavy (non-hydrogen) atoms. The SMILES string of the molecule is CCC(C)C(C(=O)NC(CCNC(=O)c1cc(F)cc(F)c1)C(=O)NO)N(C)C(=O)[C@@H]1CCCN1C(=O)C(Cc1ccccc1)N(C)C(C)=O. The van der Waals surface area contributed by atoms with Gasteiger partial charge in [0.1, 0.15) is 35.8 Å². The van der Waals surface area contributed by atoms with E-state index in [4.69, 9.17) is 0 Å². The molecule has 2 aromatic rings. The van der Waals surface area contributed by atoms with Crippen LogP contribution in [0.25, 0.3) is 0 Å². The van der Waals surface area contributed by atoms with E-state index in [0.29, 0.717) is 25.3 Å². The summed E-state index contributed by atoms with van der Waals surface area (Å²) >= 11 is 0. The Morgan fingerprint density at radius 2 is 1.62 bits per heavy atom. The van der Waals surface area contributed by atoms with Gasteiger partial charge >= 0.3 is 0 Å². The van der Waals surface area contributed by atoms with Gasteiger partial charge < -0.3 is 25.3 Å². The zero-order valence-electron chi connectivity index (χ0n) is 28.9. The largest absolute Gasteiger partial charge is 0.352 e. The topological polar surface area (TPSA) is 168 Å². The number of benzene rings is 2. The maximum atomic E-state index is 14.1. The van der Waals surface area contributed by atoms with Crippen LogP contribution >= 0.6 is 0 Å². The summed E-state index contributed by atoms with van der Waals surface area (Å²) in [6.45, 7) is 5.00. The molecule has 15 heteroatoms. The first kappa shape index (κ1) is 39.5. The molecule has 0 saturated carbocycles. The second-order valence-electron chi connectivity index (χ2n) is 12.5. The van der Waals surface area contributed by atoms with Gasteiger partial charge in [-0.15, -0.1) is 0 Å². The summed E-state index contributed by atoms with van der Waals surface area (Å²) in [5.74, 6) is -6.02. The van der Waals surface area contributed by atoms with Crippen molar-refractivity contribution in [3.8, 4) is 0 Å². The summed E-state index contributed by atoms with van der Waals surface area (Å²) in [6.07, 6.45) is 1.36. The number of nitrogens with zero attached hydrogens (tertiary/aromatic N) is 3. The van der Waals surface area contributed by atoms with E-state index in [9.17, 15) is 42.8 Å². The fourth-order valence-electron chi connectivity index (χ4n) is 6.06. The highest BCUT2D eigenvalue weighted by atomic mass is 19.1. The number of hydrogen-bond acceptors (Lipinski definition) is 7. The van der Waals surface area contributed by atoms with Gasteiger partial charge in [0.15, 0.2) is 0 Å². The minimum absolute atomic E-state index is 0.218. The van der Waals surface area contributed by atoms with E-state index >= 15 is 0 Å². The second-order valence-corrected chi connectivity index (χ2v) is 12.5. The zero-order chi connectivity index (χ0) is 37.1. The summed E-state index contributed by atoms with van der Waals surface area (Å²) in [7, 11) is 2.99. The minimum Gasteiger partial charge on any atom is -0.352 e. The minimum atomic E-state index is -1.36. The Balaban J connectivity index is 1.76. The molecule has 1 aliphatic rings. The van der Waals surface area contributed by atoms with Crippen LogP contribution in [0.1, 0.15) is 62.4 Å². The van der Waals surface area contributed by atoms with Crippen molar-refractivity contribution in [1.82, 2.24) is 30.8 Å². The van der Waals surface area contributed by atoms with Crippen molar-refractivity contribution >= 4 is 35.4 Å². The van der Waals surface area contributed by atoms with Crippen molar-refractivity contribution in [2.75, 3.05) is 27.2 Å². The molecule has 1 saturated heterocycles. The average Bonchev–Trinajstić information content (AvgIpc) is 3.58. The first-order chi connectivity index (χ1) is 23.7. The summed E-state index contributed by atoms with van der Waals surface area (Å²) in [5.41, 5.74) is 2.04. The molecule has 5 atom stereocenters. The van der Waals surface area contributed by atoms with Crippen LogP contribution in [0, 0.1) is 17.6 Å². The van der Waals surface area contributed by atoms with E-state index in [0.717, 1.165) is 17.7 Å². The van der Waals surface area contributed by atoms with Gasteiger partial charge in [0.05, 0.1) is 0 Å². The quantitative estimate of drug-likeness (QED) is 0.163. The first-order valence-electron chi connectivity index (χ1n) is 16.5. The Morgan fingerprint density at radius 1 is 0.980 bits per heavy atom. The second kappa shape index (κ2) is 18.2. The van der Waals surface area contributed by atoms with E-state index in [2.05, 4.69) is 10.6 Å². The third-order valence-corrected chi connectivity index (χ3v) is 9.15. The van der Waals surface area contributed by atoms with Crippen LogP contribution in [-0.4, -0.2) is 107 Å². The monoisotopic (exact) mass is 700 g/mol. The molecule has 0 spiro atoms. The van der Waals surface area contributed by atoms with Crippen LogP contribution in [0.2, 0.25) is 0 Å². The fourth-order valence-corrected chi connectivity index (χ4v) is 6.06. The standard InChI is InChI=1S/C35H46F2N6O7/c1-6-21(2)30(33(47)39-27(32(46)40-50)14-15-38-31(45)24-18-25(36)20-26(37)19-24)42(5)34(48)28-13-10-16-43(28)35(49)29(41(4)22(3)44)17-23-11-8-7-9-12-23/h7-9,11-12,18-21,27-30,50H,6,10,13-17H2,1-5H3,(H,38,45)(H,39,47)(H,40,46)/t21?,27?,28-,29?,30?/m0/s1. The highest BCUT2D eigenvalue weighted by Crippen LogP contribution is 2.25. The molecule has 4 N–H and O–H groups in total. The number of hydroxylamine groups is 1. The molecule has 272 valence electrons. The van der Waals surface area contributed by atoms with Gasteiger partial charge in [0.2, 0.25) is 23.6 Å². The molecular formula is C35H46F2N6O7. The van der Waals surface area contributed by atoms with Gasteiger partial charge in [0.25, 0.3) is 11.8 Å². The number of amides is 6. The lowest BCUT2D eigenvalue weighted by molar-refractivity contribution is -0.151. The molecule has 0 radical (unpaired) electrons. The molecule has 1 aliphatic heterocycles. The van der Waals surface area contributed by atoms with Gasteiger partial charge in [0, 0.05) is 52.2 Å². The third kappa shape index (κ3) is 10.1. The van der Waals surface area contributed by atoms with Crippen molar-refractivity contribution in [3.05, 3.63) is 71.3 Å². The number of rotatable bonds is 15. The van der Waals surface area contributed by atoms with Crippen LogP contribution in [0.4, 0.5) is 8.78 Å². The lowest BCUT2D eigenvalue weighted by atomic mass is 9.95. The number of hydrogen-bond donors (Lipinski definition) is 4.